The second-order valence-electron chi connectivity index (χ2n) is 10.2. The molecule has 4 aromatic rings. The first-order chi connectivity index (χ1) is 19.1. The standard InChI is InChI=1S/C28H35N7O4S/c1-5-32(6-2)12-11-25(36)34-15-13-33(14-16-34)21-8-9-22-23(18-21)35-26(29-27(22)37)28(30-31-35)40(38,39)24-10-7-19(3)17-20(24)4/h7-10,17-18,31H,5-6,11-16H2,1-4H3. The molecule has 1 amide bonds. The number of benzene rings is 2. The number of hydrogen-bond donors (Lipinski definition) is 1. The number of anilines is 1. The largest absolute Gasteiger partial charge is 0.368 e. The van der Waals surface area contributed by atoms with E-state index in [1.54, 1.807) is 31.2 Å². The van der Waals surface area contributed by atoms with Crippen LogP contribution in [0.15, 0.2) is 51.1 Å². The Hall–Kier alpha value is -3.77. The van der Waals surface area contributed by atoms with Crippen molar-refractivity contribution >= 4 is 38.0 Å². The molecule has 11 nitrogen and oxygen atoms in total. The zero-order chi connectivity index (χ0) is 28.6. The Labute approximate surface area is 233 Å². The van der Waals surface area contributed by atoms with Gasteiger partial charge in [0.05, 0.1) is 15.8 Å². The molecule has 0 saturated carbocycles. The molecule has 1 aliphatic rings. The summed E-state index contributed by atoms with van der Waals surface area (Å²) in [6.45, 7) is 13.0. The van der Waals surface area contributed by atoms with Crippen LogP contribution in [0.5, 0.6) is 0 Å². The van der Waals surface area contributed by atoms with Crippen LogP contribution in [0.25, 0.3) is 16.6 Å². The van der Waals surface area contributed by atoms with Crippen LogP contribution in [-0.4, -0.2) is 89.7 Å². The van der Waals surface area contributed by atoms with Gasteiger partial charge in [-0.15, -0.1) is 5.10 Å². The van der Waals surface area contributed by atoms with Crippen molar-refractivity contribution in [2.75, 3.05) is 50.7 Å². The van der Waals surface area contributed by atoms with Crippen molar-refractivity contribution in [1.29, 1.82) is 0 Å². The molecule has 40 heavy (non-hydrogen) atoms. The molecule has 0 spiro atoms. The smallest absolute Gasteiger partial charge is 0.281 e. The highest BCUT2D eigenvalue weighted by Gasteiger charge is 2.28. The number of H-pyrrole nitrogens is 1. The van der Waals surface area contributed by atoms with E-state index in [4.69, 9.17) is 0 Å². The number of hydrogen-bond acceptors (Lipinski definition) is 8. The van der Waals surface area contributed by atoms with E-state index < -0.39 is 15.4 Å². The van der Waals surface area contributed by atoms with Gasteiger partial charge in [0, 0.05) is 44.8 Å². The SMILES string of the molecule is CCN(CC)CCC(=O)N1CCN(c2ccc3c(=O)nc4c(S(=O)(=O)c5ccc(C)cc5C)n[nH]n4c3c2)CC1. The summed E-state index contributed by atoms with van der Waals surface area (Å²) >= 11 is 0. The van der Waals surface area contributed by atoms with Gasteiger partial charge in [-0.25, -0.2) is 18.1 Å². The number of nitrogens with zero attached hydrogens (tertiary/aromatic N) is 6. The van der Waals surface area contributed by atoms with Gasteiger partial charge in [-0.05, 0) is 56.8 Å². The number of aryl methyl sites for hydroxylation is 2. The highest BCUT2D eigenvalue weighted by atomic mass is 32.2. The molecule has 3 heterocycles. The van der Waals surface area contributed by atoms with E-state index >= 15 is 0 Å². The predicted octanol–water partition coefficient (Wildman–Crippen LogP) is 2.40. The van der Waals surface area contributed by atoms with Gasteiger partial charge in [-0.1, -0.05) is 31.5 Å². The first kappa shape index (κ1) is 27.8. The van der Waals surface area contributed by atoms with Crippen molar-refractivity contribution in [3.63, 3.8) is 0 Å². The van der Waals surface area contributed by atoms with Crippen LogP contribution in [0.1, 0.15) is 31.4 Å². The molecule has 2 aromatic carbocycles. The Morgan fingerprint density at radius 1 is 1.02 bits per heavy atom. The van der Waals surface area contributed by atoms with E-state index in [2.05, 4.69) is 38.9 Å². The maximum absolute atomic E-state index is 13.5. The summed E-state index contributed by atoms with van der Waals surface area (Å²) in [5, 5.41) is 6.92. The van der Waals surface area contributed by atoms with Crippen LogP contribution in [0.3, 0.4) is 0 Å². The quantitative estimate of drug-likeness (QED) is 0.346. The Morgan fingerprint density at radius 3 is 2.42 bits per heavy atom. The second kappa shape index (κ2) is 11.0. The van der Waals surface area contributed by atoms with Gasteiger partial charge in [0.25, 0.3) is 5.56 Å². The lowest BCUT2D eigenvalue weighted by atomic mass is 10.2. The summed E-state index contributed by atoms with van der Waals surface area (Å²) in [7, 11) is -4.03. The third-order valence-corrected chi connectivity index (χ3v) is 9.54. The van der Waals surface area contributed by atoms with Gasteiger partial charge in [-0.3, -0.25) is 9.59 Å². The highest BCUT2D eigenvalue weighted by Crippen LogP contribution is 2.27. The number of carbonyl (C=O) groups excluding carboxylic acids is 1. The molecule has 2 aromatic heterocycles. The highest BCUT2D eigenvalue weighted by molar-refractivity contribution is 7.91. The summed E-state index contributed by atoms with van der Waals surface area (Å²) in [5.74, 6) is 0.166. The Morgan fingerprint density at radius 2 is 1.75 bits per heavy atom. The van der Waals surface area contributed by atoms with Gasteiger partial charge in [0.15, 0.2) is 5.65 Å². The van der Waals surface area contributed by atoms with E-state index in [1.165, 1.54) is 4.52 Å². The number of piperazine rings is 1. The lowest BCUT2D eigenvalue weighted by Gasteiger charge is -2.36. The molecule has 1 N–H and O–H groups in total. The molecule has 0 radical (unpaired) electrons. The van der Waals surface area contributed by atoms with Crippen LogP contribution in [0.4, 0.5) is 5.69 Å². The summed E-state index contributed by atoms with van der Waals surface area (Å²) in [5.41, 5.74) is 2.33. The Bertz CT molecular complexity index is 1730. The summed E-state index contributed by atoms with van der Waals surface area (Å²) in [6, 6.07) is 10.5. The summed E-state index contributed by atoms with van der Waals surface area (Å²) in [4.78, 5) is 36.2. The molecule has 5 rings (SSSR count). The van der Waals surface area contributed by atoms with Gasteiger partial charge < -0.3 is 14.7 Å². The van der Waals surface area contributed by atoms with Crippen LogP contribution in [-0.2, 0) is 14.6 Å². The van der Waals surface area contributed by atoms with Crippen molar-refractivity contribution in [2.45, 2.75) is 44.0 Å². The fourth-order valence-electron chi connectivity index (χ4n) is 5.34. The van der Waals surface area contributed by atoms with E-state index in [0.29, 0.717) is 49.1 Å². The number of fused-ring (bicyclic) bond motifs is 3. The number of aromatic amines is 1. The van der Waals surface area contributed by atoms with Crippen molar-refractivity contribution in [1.82, 2.24) is 29.6 Å². The number of carbonyl (C=O) groups is 1. The Kier molecular flexibility index (Phi) is 7.65. The number of sulfone groups is 1. The minimum atomic E-state index is -4.03. The number of nitrogens with one attached hydrogen (secondary N) is 1. The van der Waals surface area contributed by atoms with Gasteiger partial charge in [0.2, 0.25) is 20.8 Å². The third-order valence-electron chi connectivity index (χ3n) is 7.72. The zero-order valence-corrected chi connectivity index (χ0v) is 24.2. The average molecular weight is 566 g/mol. The molecule has 0 atom stereocenters. The van der Waals surface area contributed by atoms with E-state index in [1.807, 2.05) is 24.0 Å². The molecule has 1 aliphatic heterocycles. The molecule has 1 fully saturated rings. The number of aromatic nitrogens is 4. The number of amides is 1. The van der Waals surface area contributed by atoms with Gasteiger partial charge in [-0.2, -0.15) is 4.98 Å². The fourth-order valence-corrected chi connectivity index (χ4v) is 6.82. The molecule has 1 saturated heterocycles. The lowest BCUT2D eigenvalue weighted by Crippen LogP contribution is -2.49. The van der Waals surface area contributed by atoms with E-state index in [9.17, 15) is 18.0 Å². The summed E-state index contributed by atoms with van der Waals surface area (Å²) in [6.07, 6.45) is 0.513. The lowest BCUT2D eigenvalue weighted by molar-refractivity contribution is -0.131. The molecular weight excluding hydrogens is 530 g/mol. The fraction of sp³-hybridized carbons (Fsp3) is 0.429. The van der Waals surface area contributed by atoms with Crippen molar-refractivity contribution < 1.29 is 13.2 Å². The second-order valence-corrected chi connectivity index (χ2v) is 12.0. The monoisotopic (exact) mass is 565 g/mol. The van der Waals surface area contributed by atoms with Gasteiger partial charge >= 0.3 is 0 Å². The van der Waals surface area contributed by atoms with E-state index in [-0.39, 0.29) is 21.5 Å². The molecule has 212 valence electrons. The summed E-state index contributed by atoms with van der Waals surface area (Å²) < 4.78 is 28.5. The predicted molar refractivity (Wildman–Crippen MR) is 154 cm³/mol. The van der Waals surface area contributed by atoms with Crippen LogP contribution >= 0.6 is 0 Å². The van der Waals surface area contributed by atoms with Crippen molar-refractivity contribution in [3.8, 4) is 0 Å². The van der Waals surface area contributed by atoms with Crippen LogP contribution in [0, 0.1) is 13.8 Å². The minimum absolute atomic E-state index is 0.0433. The van der Waals surface area contributed by atoms with Crippen molar-refractivity contribution in [3.05, 3.63) is 57.9 Å². The molecule has 12 heteroatoms. The molecule has 0 unspecified atom stereocenters. The average Bonchev–Trinajstić information content (AvgIpc) is 3.38. The topological polar surface area (TPSA) is 124 Å². The van der Waals surface area contributed by atoms with Crippen molar-refractivity contribution in [2.24, 2.45) is 0 Å². The number of rotatable bonds is 8. The first-order valence-electron chi connectivity index (χ1n) is 13.6. The molecule has 0 aliphatic carbocycles. The van der Waals surface area contributed by atoms with E-state index in [0.717, 1.165) is 30.9 Å². The molecular formula is C28H35N7O4S. The van der Waals surface area contributed by atoms with Crippen LogP contribution in [0.2, 0.25) is 0 Å². The maximum Gasteiger partial charge on any atom is 0.281 e. The maximum atomic E-state index is 13.5. The van der Waals surface area contributed by atoms with Crippen LogP contribution < -0.4 is 10.5 Å². The normalized spacial score (nSPS) is 14.5. The zero-order valence-electron chi connectivity index (χ0n) is 23.3. The third kappa shape index (κ3) is 5.08. The van der Waals surface area contributed by atoms with Gasteiger partial charge in [0.1, 0.15) is 0 Å². The minimum Gasteiger partial charge on any atom is -0.368 e. The molecule has 0 bridgehead atoms. The first-order valence-corrected chi connectivity index (χ1v) is 15.1. The Balaban J connectivity index is 1.42.